The lowest BCUT2D eigenvalue weighted by atomic mass is 10.2. The van der Waals surface area contributed by atoms with Gasteiger partial charge >= 0.3 is 0 Å². The molecule has 0 aliphatic heterocycles. The van der Waals surface area contributed by atoms with E-state index in [1.54, 1.807) is 32.4 Å². The summed E-state index contributed by atoms with van der Waals surface area (Å²) in [5, 5.41) is 9.57. The molecule has 0 atom stereocenters. The van der Waals surface area contributed by atoms with Crippen LogP contribution in [0.25, 0.3) is 0 Å². The zero-order chi connectivity index (χ0) is 12.5. The first-order chi connectivity index (χ1) is 8.27. The first-order valence-corrected chi connectivity index (χ1v) is 5.28. The van der Waals surface area contributed by atoms with E-state index in [4.69, 9.17) is 18.9 Å². The standard InChI is InChI=1S/C12H18O5/c1-14-5-6-16-9-17-8-10-7-11(15-2)3-4-12(10)13/h3-4,7,13H,5-6,8-9H2,1-2H3. The average Bonchev–Trinajstić information content (AvgIpc) is 2.35. The van der Waals surface area contributed by atoms with Gasteiger partial charge in [-0.3, -0.25) is 0 Å². The number of ether oxygens (including phenoxy) is 4. The Balaban J connectivity index is 2.30. The normalized spacial score (nSPS) is 10.5. The summed E-state index contributed by atoms with van der Waals surface area (Å²) in [5.74, 6) is 0.865. The fourth-order valence-corrected chi connectivity index (χ4v) is 1.22. The molecule has 17 heavy (non-hydrogen) atoms. The van der Waals surface area contributed by atoms with Crippen molar-refractivity contribution in [1.29, 1.82) is 0 Å². The average molecular weight is 242 g/mol. The number of hydrogen-bond donors (Lipinski definition) is 1. The van der Waals surface area contributed by atoms with E-state index in [2.05, 4.69) is 0 Å². The van der Waals surface area contributed by atoms with Crippen molar-refractivity contribution < 1.29 is 24.1 Å². The van der Waals surface area contributed by atoms with Crippen LogP contribution >= 0.6 is 0 Å². The van der Waals surface area contributed by atoms with Gasteiger partial charge in [0, 0.05) is 12.7 Å². The van der Waals surface area contributed by atoms with Crippen LogP contribution in [-0.2, 0) is 20.8 Å². The molecule has 0 aliphatic carbocycles. The van der Waals surface area contributed by atoms with Gasteiger partial charge in [0.2, 0.25) is 0 Å². The molecule has 0 heterocycles. The first kappa shape index (κ1) is 13.8. The minimum Gasteiger partial charge on any atom is -0.508 e. The Kier molecular flexibility index (Phi) is 6.39. The van der Waals surface area contributed by atoms with Crippen LogP contribution in [0, 0.1) is 0 Å². The second kappa shape index (κ2) is 7.89. The third kappa shape index (κ3) is 5.04. The lowest BCUT2D eigenvalue weighted by molar-refractivity contribution is -0.0728. The van der Waals surface area contributed by atoms with Gasteiger partial charge in [0.25, 0.3) is 0 Å². The van der Waals surface area contributed by atoms with E-state index in [0.717, 1.165) is 0 Å². The van der Waals surface area contributed by atoms with E-state index in [-0.39, 0.29) is 19.1 Å². The van der Waals surface area contributed by atoms with Gasteiger partial charge < -0.3 is 24.1 Å². The van der Waals surface area contributed by atoms with Gasteiger partial charge in [0.1, 0.15) is 18.3 Å². The van der Waals surface area contributed by atoms with Crippen LogP contribution in [0.1, 0.15) is 5.56 Å². The molecule has 0 amide bonds. The Morgan fingerprint density at radius 3 is 2.65 bits per heavy atom. The molecule has 1 rings (SSSR count). The second-order valence-corrected chi connectivity index (χ2v) is 3.36. The van der Waals surface area contributed by atoms with Crippen molar-refractivity contribution in [2.24, 2.45) is 0 Å². The zero-order valence-electron chi connectivity index (χ0n) is 10.1. The van der Waals surface area contributed by atoms with Crippen LogP contribution in [0.15, 0.2) is 18.2 Å². The maximum Gasteiger partial charge on any atom is 0.147 e. The highest BCUT2D eigenvalue weighted by atomic mass is 16.7. The van der Waals surface area contributed by atoms with E-state index in [1.165, 1.54) is 0 Å². The molecule has 0 radical (unpaired) electrons. The van der Waals surface area contributed by atoms with Crippen molar-refractivity contribution in [1.82, 2.24) is 0 Å². The minimum absolute atomic E-state index is 0.167. The summed E-state index contributed by atoms with van der Waals surface area (Å²) in [6.07, 6.45) is 0. The van der Waals surface area contributed by atoms with Crippen molar-refractivity contribution >= 4 is 0 Å². The molecule has 0 unspecified atom stereocenters. The molecule has 1 aromatic carbocycles. The van der Waals surface area contributed by atoms with E-state index in [9.17, 15) is 5.11 Å². The molecule has 0 bridgehead atoms. The van der Waals surface area contributed by atoms with E-state index in [0.29, 0.717) is 24.5 Å². The van der Waals surface area contributed by atoms with Crippen molar-refractivity contribution in [3.05, 3.63) is 23.8 Å². The monoisotopic (exact) mass is 242 g/mol. The fraction of sp³-hybridized carbons (Fsp3) is 0.500. The Morgan fingerprint density at radius 1 is 1.12 bits per heavy atom. The number of benzene rings is 1. The smallest absolute Gasteiger partial charge is 0.147 e. The van der Waals surface area contributed by atoms with E-state index < -0.39 is 0 Å². The highest BCUT2D eigenvalue weighted by Gasteiger charge is 2.03. The van der Waals surface area contributed by atoms with Gasteiger partial charge in [0.05, 0.1) is 26.9 Å². The van der Waals surface area contributed by atoms with Gasteiger partial charge in [-0.25, -0.2) is 0 Å². The highest BCUT2D eigenvalue weighted by molar-refractivity contribution is 5.38. The number of methoxy groups -OCH3 is 2. The van der Waals surface area contributed by atoms with Gasteiger partial charge in [-0.1, -0.05) is 0 Å². The molecule has 96 valence electrons. The topological polar surface area (TPSA) is 57.2 Å². The molecular weight excluding hydrogens is 224 g/mol. The van der Waals surface area contributed by atoms with Crippen LogP contribution < -0.4 is 4.74 Å². The third-order valence-corrected chi connectivity index (χ3v) is 2.14. The maximum absolute atomic E-state index is 9.57. The quantitative estimate of drug-likeness (QED) is 0.553. The Morgan fingerprint density at radius 2 is 1.94 bits per heavy atom. The lowest BCUT2D eigenvalue weighted by Crippen LogP contribution is -2.06. The summed E-state index contributed by atoms with van der Waals surface area (Å²) in [7, 11) is 3.18. The molecule has 0 saturated carbocycles. The van der Waals surface area contributed by atoms with E-state index >= 15 is 0 Å². The van der Waals surface area contributed by atoms with Gasteiger partial charge in [-0.2, -0.15) is 0 Å². The predicted molar refractivity (Wildman–Crippen MR) is 62.1 cm³/mol. The second-order valence-electron chi connectivity index (χ2n) is 3.36. The van der Waals surface area contributed by atoms with Crippen molar-refractivity contribution in [3.8, 4) is 11.5 Å². The molecule has 5 nitrogen and oxygen atoms in total. The highest BCUT2D eigenvalue weighted by Crippen LogP contribution is 2.23. The summed E-state index contributed by atoms with van der Waals surface area (Å²) in [5.41, 5.74) is 0.666. The summed E-state index contributed by atoms with van der Waals surface area (Å²) in [6.45, 7) is 1.46. The number of rotatable bonds is 8. The number of hydrogen-bond acceptors (Lipinski definition) is 5. The summed E-state index contributed by atoms with van der Waals surface area (Å²) >= 11 is 0. The van der Waals surface area contributed by atoms with Gasteiger partial charge in [-0.05, 0) is 18.2 Å². The van der Waals surface area contributed by atoms with Crippen molar-refractivity contribution in [2.45, 2.75) is 6.61 Å². The van der Waals surface area contributed by atoms with Gasteiger partial charge in [0.15, 0.2) is 0 Å². The Hall–Kier alpha value is -1.30. The number of phenols is 1. The van der Waals surface area contributed by atoms with Crippen LogP contribution in [0.2, 0.25) is 0 Å². The molecule has 1 N–H and O–H groups in total. The summed E-state index contributed by atoms with van der Waals surface area (Å²) < 4.78 is 20.3. The SMILES string of the molecule is COCCOCOCc1cc(OC)ccc1O. The minimum atomic E-state index is 0.167. The predicted octanol–water partition coefficient (Wildman–Crippen LogP) is 1.54. The summed E-state index contributed by atoms with van der Waals surface area (Å²) in [6, 6.07) is 4.99. The molecule has 1 aromatic rings. The Labute approximate surface area is 101 Å². The molecule has 0 fully saturated rings. The van der Waals surface area contributed by atoms with Crippen LogP contribution in [-0.4, -0.2) is 39.3 Å². The summed E-state index contributed by atoms with van der Waals surface area (Å²) in [4.78, 5) is 0. The van der Waals surface area contributed by atoms with E-state index in [1.807, 2.05) is 0 Å². The zero-order valence-corrected chi connectivity index (χ0v) is 10.1. The van der Waals surface area contributed by atoms with Gasteiger partial charge in [-0.15, -0.1) is 0 Å². The molecule has 0 aromatic heterocycles. The van der Waals surface area contributed by atoms with Crippen LogP contribution in [0.5, 0.6) is 11.5 Å². The number of aromatic hydroxyl groups is 1. The Bertz CT molecular complexity index is 327. The first-order valence-electron chi connectivity index (χ1n) is 5.28. The fourth-order valence-electron chi connectivity index (χ4n) is 1.22. The molecule has 0 spiro atoms. The third-order valence-electron chi connectivity index (χ3n) is 2.14. The number of phenolic OH excluding ortho intramolecular Hbond substituents is 1. The molecular formula is C12H18O5. The molecule has 0 saturated heterocycles. The largest absolute Gasteiger partial charge is 0.508 e. The lowest BCUT2D eigenvalue weighted by Gasteiger charge is -2.08. The van der Waals surface area contributed by atoms with Crippen molar-refractivity contribution in [2.75, 3.05) is 34.2 Å². The van der Waals surface area contributed by atoms with Crippen LogP contribution in [0.3, 0.4) is 0 Å². The van der Waals surface area contributed by atoms with Crippen molar-refractivity contribution in [3.63, 3.8) is 0 Å². The maximum atomic E-state index is 9.57. The molecule has 5 heteroatoms. The molecule has 0 aliphatic rings. The van der Waals surface area contributed by atoms with Crippen LogP contribution in [0.4, 0.5) is 0 Å².